The number of hydrogen-bond acceptors (Lipinski definition) is 9. The summed E-state index contributed by atoms with van der Waals surface area (Å²) in [6, 6.07) is 10.9. The lowest BCUT2D eigenvalue weighted by atomic mass is 10.1. The summed E-state index contributed by atoms with van der Waals surface area (Å²) in [5, 5.41) is 36.4. The van der Waals surface area contributed by atoms with Crippen molar-refractivity contribution in [2.75, 3.05) is 50.0 Å². The minimum Gasteiger partial charge on any atom is -0.480 e. The summed E-state index contributed by atoms with van der Waals surface area (Å²) < 4.78 is 0. The maximum Gasteiger partial charge on any atom is 0.326 e. The molecule has 3 heterocycles. The van der Waals surface area contributed by atoms with Gasteiger partial charge in [0, 0.05) is 49.8 Å². The van der Waals surface area contributed by atoms with Gasteiger partial charge in [0.05, 0.1) is 5.52 Å². The number of rotatable bonds is 15. The Kier molecular flexibility index (Phi) is 10.2. The van der Waals surface area contributed by atoms with E-state index in [2.05, 4.69) is 37.6 Å². The number of nitrogens with zero attached hydrogens (tertiary/aromatic N) is 4. The summed E-state index contributed by atoms with van der Waals surface area (Å²) in [5.74, 6) is 0.268. The number of anilines is 2. The molecule has 1 aromatic carbocycles. The third-order valence-corrected chi connectivity index (χ3v) is 7.03. The van der Waals surface area contributed by atoms with Crippen molar-refractivity contribution in [1.29, 1.82) is 0 Å². The fraction of sp³-hybridized carbons (Fsp3) is 0.500. The van der Waals surface area contributed by atoms with Gasteiger partial charge in [0.1, 0.15) is 24.0 Å². The Hall–Kier alpha value is -3.34. The van der Waals surface area contributed by atoms with Crippen LogP contribution in [0, 0.1) is 5.92 Å². The average Bonchev–Trinajstić information content (AvgIpc) is 2.95. The van der Waals surface area contributed by atoms with Gasteiger partial charge >= 0.3 is 5.97 Å². The van der Waals surface area contributed by atoms with Gasteiger partial charge in [-0.05, 0) is 68.8 Å². The lowest BCUT2D eigenvalue weighted by molar-refractivity contribution is -0.138. The zero-order valence-corrected chi connectivity index (χ0v) is 21.7. The van der Waals surface area contributed by atoms with E-state index in [1.165, 1.54) is 11.9 Å². The second kappa shape index (κ2) is 14.0. The molecule has 0 saturated carbocycles. The Balaban J connectivity index is 1.33. The topological polar surface area (TPSA) is 144 Å². The van der Waals surface area contributed by atoms with E-state index in [4.69, 9.17) is 4.98 Å². The number of aromatic nitrogens is 3. The molecule has 0 spiro atoms. The molecule has 0 radical (unpaired) electrons. The highest BCUT2D eigenvalue weighted by atomic mass is 16.4. The number of unbranched alkanes of at least 4 members (excludes halogenated alkanes) is 1. The number of carbonyl (C=O) groups is 1. The molecule has 38 heavy (non-hydrogen) atoms. The molecule has 0 fully saturated rings. The SMILES string of the molecule is O=C(O)[C@H](CCN(CCCCc1ccc2c(n1)NCCC2)CC(CO)CO)Nc1ncnc2ccccc12. The van der Waals surface area contributed by atoms with Crippen LogP contribution < -0.4 is 10.6 Å². The summed E-state index contributed by atoms with van der Waals surface area (Å²) in [6.45, 7) is 2.47. The number of fused-ring (bicyclic) bond motifs is 2. The van der Waals surface area contributed by atoms with Gasteiger partial charge in [0.2, 0.25) is 0 Å². The van der Waals surface area contributed by atoms with Gasteiger partial charge in [-0.15, -0.1) is 0 Å². The summed E-state index contributed by atoms with van der Waals surface area (Å²) in [4.78, 5) is 27.5. The number of pyridine rings is 1. The number of carboxylic acids is 1. The number of para-hydroxylation sites is 1. The predicted octanol–water partition coefficient (Wildman–Crippen LogP) is 2.56. The molecule has 0 aliphatic carbocycles. The molecule has 1 aliphatic heterocycles. The number of carboxylic acid groups (broad SMARTS) is 1. The normalized spacial score (nSPS) is 13.9. The van der Waals surface area contributed by atoms with E-state index in [0.717, 1.165) is 67.6 Å². The van der Waals surface area contributed by atoms with Gasteiger partial charge in [-0.25, -0.2) is 19.7 Å². The average molecular weight is 523 g/mol. The lowest BCUT2D eigenvalue weighted by Gasteiger charge is -2.27. The van der Waals surface area contributed by atoms with Gasteiger partial charge in [-0.1, -0.05) is 18.2 Å². The van der Waals surface area contributed by atoms with Crippen LogP contribution in [-0.2, 0) is 17.6 Å². The van der Waals surface area contributed by atoms with Crippen LogP contribution in [0.4, 0.5) is 11.6 Å². The molecule has 0 amide bonds. The number of aryl methyl sites for hydroxylation is 2. The van der Waals surface area contributed by atoms with Gasteiger partial charge in [0.25, 0.3) is 0 Å². The molecule has 0 unspecified atom stereocenters. The fourth-order valence-electron chi connectivity index (χ4n) is 4.84. The van der Waals surface area contributed by atoms with Crippen molar-refractivity contribution in [3.05, 3.63) is 54.0 Å². The number of hydrogen-bond donors (Lipinski definition) is 5. The molecule has 10 nitrogen and oxygen atoms in total. The second-order valence-corrected chi connectivity index (χ2v) is 9.89. The number of aliphatic hydroxyl groups is 2. The molecule has 1 atom stereocenters. The summed E-state index contributed by atoms with van der Waals surface area (Å²) in [7, 11) is 0. The summed E-state index contributed by atoms with van der Waals surface area (Å²) in [5.41, 5.74) is 3.09. The second-order valence-electron chi connectivity index (χ2n) is 9.89. The maximum atomic E-state index is 12.1. The molecule has 2 aromatic heterocycles. The molecule has 204 valence electrons. The minimum atomic E-state index is -0.958. The van der Waals surface area contributed by atoms with Crippen LogP contribution in [0.2, 0.25) is 0 Å². The van der Waals surface area contributed by atoms with Gasteiger partial charge in [0.15, 0.2) is 0 Å². The minimum absolute atomic E-state index is 0.118. The van der Waals surface area contributed by atoms with E-state index in [1.807, 2.05) is 24.3 Å². The van der Waals surface area contributed by atoms with Crippen molar-refractivity contribution in [3.8, 4) is 0 Å². The van der Waals surface area contributed by atoms with Crippen LogP contribution in [0.1, 0.15) is 36.9 Å². The third kappa shape index (κ3) is 7.59. The van der Waals surface area contributed by atoms with E-state index >= 15 is 0 Å². The first-order valence-corrected chi connectivity index (χ1v) is 13.4. The predicted molar refractivity (Wildman–Crippen MR) is 147 cm³/mol. The van der Waals surface area contributed by atoms with Crippen LogP contribution in [0.25, 0.3) is 10.9 Å². The van der Waals surface area contributed by atoms with Crippen LogP contribution in [0.5, 0.6) is 0 Å². The van der Waals surface area contributed by atoms with Gasteiger partial charge in [-0.2, -0.15) is 0 Å². The number of aliphatic hydroxyl groups excluding tert-OH is 2. The van der Waals surface area contributed by atoms with Crippen LogP contribution in [-0.4, -0.2) is 86.6 Å². The van der Waals surface area contributed by atoms with E-state index < -0.39 is 12.0 Å². The number of benzene rings is 1. The number of aliphatic carboxylic acids is 1. The van der Waals surface area contributed by atoms with Crippen molar-refractivity contribution in [2.24, 2.45) is 5.92 Å². The molecule has 4 rings (SSSR count). The molecule has 0 saturated heterocycles. The molecular weight excluding hydrogens is 484 g/mol. The smallest absolute Gasteiger partial charge is 0.326 e. The van der Waals surface area contributed by atoms with E-state index in [0.29, 0.717) is 25.3 Å². The Morgan fingerprint density at radius 3 is 2.74 bits per heavy atom. The quantitative estimate of drug-likeness (QED) is 0.189. The zero-order chi connectivity index (χ0) is 26.7. The standard InChI is InChI=1S/C28H38N6O4/c35-17-20(18-36)16-34(14-4-3-7-22-11-10-21-6-5-13-29-26(21)32-22)15-12-25(28(37)38)33-27-23-8-1-2-9-24(23)30-19-31-27/h1-2,8-11,19-20,25,35-36H,3-7,12-18H2,(H,29,32)(H,37,38)(H,30,31,33)/t25-/m0/s1. The van der Waals surface area contributed by atoms with Crippen molar-refractivity contribution in [1.82, 2.24) is 19.9 Å². The Labute approximate surface area is 223 Å². The first kappa shape index (κ1) is 27.7. The van der Waals surface area contributed by atoms with Crippen LogP contribution in [0.3, 0.4) is 0 Å². The largest absolute Gasteiger partial charge is 0.480 e. The fourth-order valence-corrected chi connectivity index (χ4v) is 4.84. The van der Waals surface area contributed by atoms with Crippen molar-refractivity contribution < 1.29 is 20.1 Å². The van der Waals surface area contributed by atoms with Gasteiger partial charge in [-0.3, -0.25) is 0 Å². The van der Waals surface area contributed by atoms with Gasteiger partial charge < -0.3 is 30.9 Å². The first-order chi connectivity index (χ1) is 18.6. The molecule has 3 aromatic rings. The molecule has 5 N–H and O–H groups in total. The molecule has 0 bridgehead atoms. The van der Waals surface area contributed by atoms with E-state index in [9.17, 15) is 20.1 Å². The first-order valence-electron chi connectivity index (χ1n) is 13.4. The van der Waals surface area contributed by atoms with Crippen LogP contribution >= 0.6 is 0 Å². The van der Waals surface area contributed by atoms with E-state index in [-0.39, 0.29) is 19.1 Å². The zero-order valence-electron chi connectivity index (χ0n) is 21.7. The highest BCUT2D eigenvalue weighted by Gasteiger charge is 2.21. The molecule has 10 heteroatoms. The Bertz CT molecular complexity index is 1180. The van der Waals surface area contributed by atoms with Crippen molar-refractivity contribution >= 4 is 28.5 Å². The monoisotopic (exact) mass is 522 g/mol. The number of nitrogens with one attached hydrogen (secondary N) is 2. The lowest BCUT2D eigenvalue weighted by Crippen LogP contribution is -2.39. The highest BCUT2D eigenvalue weighted by molar-refractivity contribution is 5.90. The Morgan fingerprint density at radius 2 is 1.92 bits per heavy atom. The summed E-state index contributed by atoms with van der Waals surface area (Å²) >= 11 is 0. The summed E-state index contributed by atoms with van der Waals surface area (Å²) in [6.07, 6.45) is 6.69. The molecular formula is C28H38N6O4. The van der Waals surface area contributed by atoms with E-state index in [1.54, 1.807) is 0 Å². The third-order valence-electron chi connectivity index (χ3n) is 7.03. The van der Waals surface area contributed by atoms with Crippen molar-refractivity contribution in [2.45, 2.75) is 44.6 Å². The van der Waals surface area contributed by atoms with Crippen molar-refractivity contribution in [3.63, 3.8) is 0 Å². The molecule has 1 aliphatic rings. The maximum absolute atomic E-state index is 12.1. The van der Waals surface area contributed by atoms with Crippen LogP contribution in [0.15, 0.2) is 42.7 Å². The Morgan fingerprint density at radius 1 is 1.08 bits per heavy atom. The highest BCUT2D eigenvalue weighted by Crippen LogP contribution is 2.21.